The third-order valence-electron chi connectivity index (χ3n) is 13.3. The Bertz CT molecular complexity index is 1020. The summed E-state index contributed by atoms with van der Waals surface area (Å²) in [5.74, 6) is 1.92. The Morgan fingerprint density at radius 3 is 2.16 bits per heavy atom. The van der Waals surface area contributed by atoms with Crippen LogP contribution in [-0.2, 0) is 9.59 Å². The highest BCUT2D eigenvalue weighted by Gasteiger charge is 2.70. The Kier molecular flexibility index (Phi) is 6.24. The van der Waals surface area contributed by atoms with Crippen molar-refractivity contribution in [1.82, 2.24) is 5.32 Å². The summed E-state index contributed by atoms with van der Waals surface area (Å²) in [4.78, 5) is 27.5. The highest BCUT2D eigenvalue weighted by molar-refractivity contribution is 6.07. The minimum Gasteiger partial charge on any atom is -0.393 e. The summed E-state index contributed by atoms with van der Waals surface area (Å²) in [6.07, 6.45) is 8.60. The van der Waals surface area contributed by atoms with Crippen molar-refractivity contribution in [3.8, 4) is 0 Å². The standard InChI is InChI=1S/C33H53NO3/c1-19(2)26-22(35)18-33(28(37)34-20(3)4)17-16-31(8)21(27(26)33)10-11-24-30(7)14-13-25(36)29(5,6)23(30)12-15-32(24,31)9/h19-21,23-25,36H,10-18H2,1-9H3,(H,34,37)/t21?,23?,24?,25-,30-,31+,32+,33+/m0/s1. The number of rotatable bonds is 3. The lowest BCUT2D eigenvalue weighted by Gasteiger charge is -2.72. The second kappa shape index (κ2) is 8.42. The fourth-order valence-corrected chi connectivity index (χ4v) is 11.3. The van der Waals surface area contributed by atoms with Crippen molar-refractivity contribution in [1.29, 1.82) is 0 Å². The highest BCUT2D eigenvalue weighted by atomic mass is 16.3. The van der Waals surface area contributed by atoms with Gasteiger partial charge in [0, 0.05) is 12.5 Å². The van der Waals surface area contributed by atoms with Crippen LogP contribution in [0.5, 0.6) is 0 Å². The van der Waals surface area contributed by atoms with Crippen LogP contribution in [0.25, 0.3) is 0 Å². The zero-order valence-electron chi connectivity index (χ0n) is 25.1. The lowest BCUT2D eigenvalue weighted by atomic mass is 9.33. The summed E-state index contributed by atoms with van der Waals surface area (Å²) in [5.41, 5.74) is 2.01. The smallest absolute Gasteiger partial charge is 0.231 e. The van der Waals surface area contributed by atoms with E-state index in [9.17, 15) is 14.7 Å². The molecule has 208 valence electrons. The molecule has 0 heterocycles. The van der Waals surface area contributed by atoms with Gasteiger partial charge < -0.3 is 10.4 Å². The Morgan fingerprint density at radius 2 is 1.54 bits per heavy atom. The van der Waals surface area contributed by atoms with Crippen LogP contribution in [0.2, 0.25) is 0 Å². The normalized spacial score (nSPS) is 46.9. The van der Waals surface area contributed by atoms with E-state index >= 15 is 0 Å². The van der Waals surface area contributed by atoms with Gasteiger partial charge in [-0.05, 0) is 122 Å². The first kappa shape index (κ1) is 27.4. The molecule has 0 aliphatic heterocycles. The zero-order chi connectivity index (χ0) is 27.3. The van der Waals surface area contributed by atoms with Crippen LogP contribution in [0.3, 0.4) is 0 Å². The van der Waals surface area contributed by atoms with Crippen LogP contribution >= 0.6 is 0 Å². The number of carbonyl (C=O) groups is 2. The minimum absolute atomic E-state index is 0.0477. The molecule has 1 amide bonds. The number of ketones is 1. The van der Waals surface area contributed by atoms with Crippen LogP contribution in [0.15, 0.2) is 11.1 Å². The first-order valence-electron chi connectivity index (χ1n) is 15.3. The van der Waals surface area contributed by atoms with Gasteiger partial charge in [-0.15, -0.1) is 0 Å². The second-order valence-corrected chi connectivity index (χ2v) is 15.8. The van der Waals surface area contributed by atoms with E-state index in [0.29, 0.717) is 24.2 Å². The van der Waals surface area contributed by atoms with Crippen molar-refractivity contribution >= 4 is 11.7 Å². The molecule has 0 radical (unpaired) electrons. The molecule has 4 heteroatoms. The molecule has 37 heavy (non-hydrogen) atoms. The maximum Gasteiger partial charge on any atom is 0.231 e. The van der Waals surface area contributed by atoms with Gasteiger partial charge in [-0.1, -0.05) is 48.5 Å². The fraction of sp³-hybridized carbons (Fsp3) is 0.879. The Balaban J connectivity index is 1.61. The average Bonchev–Trinajstić information content (AvgIpc) is 3.10. The van der Waals surface area contributed by atoms with Crippen LogP contribution < -0.4 is 5.32 Å². The predicted molar refractivity (Wildman–Crippen MR) is 149 cm³/mol. The van der Waals surface area contributed by atoms with E-state index in [1.807, 2.05) is 13.8 Å². The Morgan fingerprint density at radius 1 is 0.865 bits per heavy atom. The van der Waals surface area contributed by atoms with Gasteiger partial charge in [-0.25, -0.2) is 0 Å². The molecule has 5 aliphatic rings. The first-order valence-corrected chi connectivity index (χ1v) is 15.3. The number of Topliss-reactive ketones (excluding diaryl/α,β-unsaturated/α-hetero) is 1. The van der Waals surface area contributed by atoms with Gasteiger partial charge in [0.2, 0.25) is 5.91 Å². The zero-order valence-corrected chi connectivity index (χ0v) is 25.1. The molecular weight excluding hydrogens is 458 g/mol. The van der Waals surface area contributed by atoms with Gasteiger partial charge in [-0.2, -0.15) is 0 Å². The van der Waals surface area contributed by atoms with Crippen molar-refractivity contribution in [2.45, 2.75) is 132 Å². The largest absolute Gasteiger partial charge is 0.393 e. The number of amides is 1. The Labute approximate surface area is 225 Å². The third kappa shape index (κ3) is 3.42. The molecule has 4 saturated carbocycles. The summed E-state index contributed by atoms with van der Waals surface area (Å²) in [6.45, 7) is 20.6. The van der Waals surface area contributed by atoms with Crippen molar-refractivity contribution in [3.05, 3.63) is 11.1 Å². The molecule has 0 aromatic heterocycles. The van der Waals surface area contributed by atoms with Crippen LogP contribution in [0, 0.1) is 50.7 Å². The van der Waals surface area contributed by atoms with E-state index in [1.54, 1.807) is 0 Å². The quantitative estimate of drug-likeness (QED) is 0.435. The maximum absolute atomic E-state index is 13.9. The van der Waals surface area contributed by atoms with Crippen LogP contribution in [-0.4, -0.2) is 28.9 Å². The summed E-state index contributed by atoms with van der Waals surface area (Å²) < 4.78 is 0. The first-order chi connectivity index (χ1) is 17.1. The molecule has 5 aliphatic carbocycles. The topological polar surface area (TPSA) is 66.4 Å². The lowest BCUT2D eigenvalue weighted by molar-refractivity contribution is -0.228. The SMILES string of the molecule is CC(C)NC(=O)[C@@]12CC[C@]3(C)C(CCC4[C@@]5(C)CC[C@H](O)C(C)(C)C5CC[C@]43C)C1=C(C(C)C)C(=O)C2. The van der Waals surface area contributed by atoms with Gasteiger partial charge in [0.1, 0.15) is 0 Å². The van der Waals surface area contributed by atoms with Crippen LogP contribution in [0.4, 0.5) is 0 Å². The van der Waals surface area contributed by atoms with Gasteiger partial charge in [0.05, 0.1) is 11.5 Å². The summed E-state index contributed by atoms with van der Waals surface area (Å²) in [6, 6.07) is 0.0723. The molecule has 0 aromatic rings. The van der Waals surface area contributed by atoms with Gasteiger partial charge >= 0.3 is 0 Å². The van der Waals surface area contributed by atoms with E-state index < -0.39 is 5.41 Å². The average molecular weight is 512 g/mol. The molecule has 4 nitrogen and oxygen atoms in total. The summed E-state index contributed by atoms with van der Waals surface area (Å²) >= 11 is 0. The van der Waals surface area contributed by atoms with Gasteiger partial charge in [-0.3, -0.25) is 9.59 Å². The fourth-order valence-electron chi connectivity index (χ4n) is 11.3. The van der Waals surface area contributed by atoms with E-state index in [0.717, 1.165) is 37.7 Å². The number of aliphatic hydroxyl groups is 1. The van der Waals surface area contributed by atoms with Gasteiger partial charge in [0.25, 0.3) is 0 Å². The van der Waals surface area contributed by atoms with Crippen LogP contribution in [0.1, 0.15) is 120 Å². The van der Waals surface area contributed by atoms with Gasteiger partial charge in [0.15, 0.2) is 5.78 Å². The van der Waals surface area contributed by atoms with Crippen molar-refractivity contribution < 1.29 is 14.7 Å². The number of allylic oxidation sites excluding steroid dienone is 1. The number of fused-ring (bicyclic) bond motifs is 7. The van der Waals surface area contributed by atoms with E-state index in [-0.39, 0.29) is 51.4 Å². The molecule has 0 saturated heterocycles. The molecule has 3 unspecified atom stereocenters. The van der Waals surface area contributed by atoms with E-state index in [2.05, 4.69) is 53.8 Å². The summed E-state index contributed by atoms with van der Waals surface area (Å²) in [5, 5.41) is 14.2. The summed E-state index contributed by atoms with van der Waals surface area (Å²) in [7, 11) is 0. The number of hydrogen-bond acceptors (Lipinski definition) is 3. The number of aliphatic hydroxyl groups excluding tert-OH is 1. The van der Waals surface area contributed by atoms with E-state index in [4.69, 9.17) is 0 Å². The lowest BCUT2D eigenvalue weighted by Crippen LogP contribution is -2.66. The molecule has 0 spiro atoms. The van der Waals surface area contributed by atoms with E-state index in [1.165, 1.54) is 24.8 Å². The second-order valence-electron chi connectivity index (χ2n) is 15.8. The highest BCUT2D eigenvalue weighted by Crippen LogP contribution is 2.76. The minimum atomic E-state index is -0.646. The van der Waals surface area contributed by atoms with Crippen molar-refractivity contribution in [3.63, 3.8) is 0 Å². The number of nitrogens with one attached hydrogen (secondary N) is 1. The molecule has 0 bridgehead atoms. The molecular formula is C33H53NO3. The number of carbonyl (C=O) groups excluding carboxylic acids is 2. The number of hydrogen-bond donors (Lipinski definition) is 2. The maximum atomic E-state index is 13.9. The third-order valence-corrected chi connectivity index (χ3v) is 13.3. The predicted octanol–water partition coefficient (Wildman–Crippen LogP) is 6.85. The molecule has 4 fully saturated rings. The molecule has 8 atom stereocenters. The molecule has 5 rings (SSSR count). The van der Waals surface area contributed by atoms with Crippen molar-refractivity contribution in [2.24, 2.45) is 50.7 Å². The Hall–Kier alpha value is -1.16. The van der Waals surface area contributed by atoms with Crippen molar-refractivity contribution in [2.75, 3.05) is 0 Å². The molecule has 0 aromatic carbocycles. The monoisotopic (exact) mass is 511 g/mol. The molecule has 2 N–H and O–H groups in total.